The van der Waals surface area contributed by atoms with Crippen molar-refractivity contribution < 1.29 is 22.7 Å². The van der Waals surface area contributed by atoms with E-state index >= 15 is 0 Å². The van der Waals surface area contributed by atoms with Crippen LogP contribution >= 0.6 is 11.6 Å². The summed E-state index contributed by atoms with van der Waals surface area (Å²) >= 11 is 5.63. The number of carbonyl (C=O) groups excluding carboxylic acids is 1. The second-order valence-electron chi connectivity index (χ2n) is 7.59. The molecule has 0 spiro atoms. The Morgan fingerprint density at radius 3 is 2.57 bits per heavy atom. The maximum atomic E-state index is 13.0. The van der Waals surface area contributed by atoms with Gasteiger partial charge in [-0.15, -0.1) is 0 Å². The molecular formula is C25H21ClF3N5O3. The van der Waals surface area contributed by atoms with Crippen molar-refractivity contribution in [3.8, 4) is 11.5 Å². The molecule has 37 heavy (non-hydrogen) atoms. The van der Waals surface area contributed by atoms with Gasteiger partial charge in [-0.3, -0.25) is 14.6 Å². The molecule has 2 aromatic carbocycles. The Morgan fingerprint density at radius 2 is 1.92 bits per heavy atom. The number of amides is 1. The van der Waals surface area contributed by atoms with Crippen LogP contribution in [0.5, 0.6) is 11.5 Å². The fraction of sp³-hybridized carbons (Fsp3) is 0.160. The molecule has 0 aliphatic rings. The largest absolute Gasteiger partial charge is 0.457 e. The van der Waals surface area contributed by atoms with Crippen molar-refractivity contribution in [1.82, 2.24) is 9.97 Å². The van der Waals surface area contributed by atoms with Gasteiger partial charge in [0, 0.05) is 37.1 Å². The Morgan fingerprint density at radius 1 is 1.19 bits per heavy atom. The number of alkyl halides is 3. The molecule has 12 heteroatoms. The van der Waals surface area contributed by atoms with Gasteiger partial charge in [0.15, 0.2) is 0 Å². The molecule has 0 saturated carbocycles. The van der Waals surface area contributed by atoms with Crippen molar-refractivity contribution in [2.75, 3.05) is 11.9 Å². The Kier molecular flexibility index (Phi) is 9.33. The number of rotatable bonds is 11. The van der Waals surface area contributed by atoms with E-state index in [4.69, 9.17) is 16.3 Å². The van der Waals surface area contributed by atoms with E-state index in [0.717, 1.165) is 17.7 Å². The van der Waals surface area contributed by atoms with Crippen LogP contribution < -0.4 is 15.6 Å². The zero-order valence-corrected chi connectivity index (χ0v) is 20.0. The lowest BCUT2D eigenvalue weighted by molar-refractivity contribution is -0.137. The highest BCUT2D eigenvalue weighted by atomic mass is 35.5. The van der Waals surface area contributed by atoms with Crippen molar-refractivity contribution in [3.05, 3.63) is 92.5 Å². The number of benzene rings is 2. The summed E-state index contributed by atoms with van der Waals surface area (Å²) < 4.78 is 44.6. The number of aromatic amines is 1. The van der Waals surface area contributed by atoms with Crippen LogP contribution in [-0.2, 0) is 23.8 Å². The predicted octanol–water partition coefficient (Wildman–Crippen LogP) is 5.24. The number of H-pyrrole nitrogens is 1. The Balaban J connectivity index is 1.55. The van der Waals surface area contributed by atoms with Crippen LogP contribution in [0, 0.1) is 0 Å². The van der Waals surface area contributed by atoms with E-state index in [1.165, 1.54) is 24.7 Å². The monoisotopic (exact) mass is 531 g/mol. The number of halogens is 4. The number of hydrogen-bond acceptors (Lipinski definition) is 6. The van der Waals surface area contributed by atoms with Crippen molar-refractivity contribution in [3.63, 3.8) is 0 Å². The minimum absolute atomic E-state index is 0.0176. The van der Waals surface area contributed by atoms with Gasteiger partial charge >= 0.3 is 6.18 Å². The van der Waals surface area contributed by atoms with Crippen LogP contribution in [0.15, 0.2) is 75.2 Å². The van der Waals surface area contributed by atoms with Crippen molar-refractivity contribution >= 4 is 36.9 Å². The maximum Gasteiger partial charge on any atom is 0.417 e. The maximum absolute atomic E-state index is 13.0. The summed E-state index contributed by atoms with van der Waals surface area (Å²) in [6.07, 6.45) is 0.729. The molecule has 0 atom stereocenters. The van der Waals surface area contributed by atoms with Gasteiger partial charge in [-0.2, -0.15) is 18.2 Å². The zero-order chi connectivity index (χ0) is 26.8. The number of hydrogen-bond donors (Lipinski definition) is 2. The molecule has 0 fully saturated rings. The number of nitrogens with zero attached hydrogens (tertiary/aromatic N) is 3. The highest BCUT2D eigenvalue weighted by Gasteiger charge is 2.33. The minimum Gasteiger partial charge on any atom is -0.457 e. The van der Waals surface area contributed by atoms with E-state index in [-0.39, 0.29) is 18.1 Å². The molecule has 0 unspecified atom stereocenters. The first kappa shape index (κ1) is 27.3. The lowest BCUT2D eigenvalue weighted by Gasteiger charge is -2.12. The SMILES string of the molecule is C=N/C=C(\C=N/C=O)Cc1c[nH]c(NCCc2ccc(Oc3ccc(Cl)c(C(F)(F)F)c3)cc2)nc1=O. The van der Waals surface area contributed by atoms with E-state index in [0.29, 0.717) is 36.3 Å². The Bertz CT molecular complexity index is 1370. The molecule has 1 heterocycles. The fourth-order valence-corrected chi connectivity index (χ4v) is 3.42. The summed E-state index contributed by atoms with van der Waals surface area (Å²) in [7, 11) is 0. The van der Waals surface area contributed by atoms with Crippen LogP contribution in [0.1, 0.15) is 16.7 Å². The second kappa shape index (κ2) is 12.6. The summed E-state index contributed by atoms with van der Waals surface area (Å²) in [5.41, 5.74) is 0.377. The van der Waals surface area contributed by atoms with Crippen LogP contribution in [0.3, 0.4) is 0 Å². The molecule has 3 rings (SSSR count). The number of nitrogens with one attached hydrogen (secondary N) is 2. The third kappa shape index (κ3) is 8.14. The van der Waals surface area contributed by atoms with Crippen LogP contribution in [0.25, 0.3) is 0 Å². The summed E-state index contributed by atoms with van der Waals surface area (Å²) in [5.74, 6) is 0.668. The first-order valence-electron chi connectivity index (χ1n) is 10.8. The molecular weight excluding hydrogens is 511 g/mol. The molecule has 1 amide bonds. The van der Waals surface area contributed by atoms with Gasteiger partial charge < -0.3 is 15.0 Å². The summed E-state index contributed by atoms with van der Waals surface area (Å²) in [5, 5.41) is 2.62. The number of anilines is 1. The van der Waals surface area contributed by atoms with Gasteiger partial charge in [-0.25, -0.2) is 4.99 Å². The molecule has 0 radical (unpaired) electrons. The van der Waals surface area contributed by atoms with Gasteiger partial charge in [0.05, 0.1) is 10.6 Å². The topological polar surface area (TPSA) is 109 Å². The number of aromatic nitrogens is 2. The summed E-state index contributed by atoms with van der Waals surface area (Å²) in [6.45, 7) is 3.80. The van der Waals surface area contributed by atoms with Crippen LogP contribution in [0.2, 0.25) is 5.02 Å². The first-order chi connectivity index (χ1) is 17.7. The molecule has 0 saturated heterocycles. The van der Waals surface area contributed by atoms with Crippen LogP contribution in [0.4, 0.5) is 19.1 Å². The van der Waals surface area contributed by atoms with Gasteiger partial charge in [-0.1, -0.05) is 23.7 Å². The first-order valence-corrected chi connectivity index (χ1v) is 11.1. The van der Waals surface area contributed by atoms with Crippen LogP contribution in [-0.4, -0.2) is 35.9 Å². The highest BCUT2D eigenvalue weighted by Crippen LogP contribution is 2.37. The van der Waals surface area contributed by atoms with Crippen molar-refractivity contribution in [2.45, 2.75) is 19.0 Å². The molecule has 0 aliphatic carbocycles. The summed E-state index contributed by atoms with van der Waals surface area (Å²) in [4.78, 5) is 36.7. The number of aliphatic imine (C=N–C) groups is 2. The average Bonchev–Trinajstić information content (AvgIpc) is 2.85. The average molecular weight is 532 g/mol. The Hall–Kier alpha value is -4.25. The number of carbonyl (C=O) groups is 1. The fourth-order valence-electron chi connectivity index (χ4n) is 3.20. The van der Waals surface area contributed by atoms with Crippen molar-refractivity contribution in [1.29, 1.82) is 0 Å². The highest BCUT2D eigenvalue weighted by molar-refractivity contribution is 6.31. The second-order valence-corrected chi connectivity index (χ2v) is 8.00. The van der Waals surface area contributed by atoms with Gasteiger partial charge in [0.25, 0.3) is 5.56 Å². The third-order valence-electron chi connectivity index (χ3n) is 4.93. The molecule has 2 N–H and O–H groups in total. The summed E-state index contributed by atoms with van der Waals surface area (Å²) in [6, 6.07) is 10.2. The lowest BCUT2D eigenvalue weighted by Crippen LogP contribution is -2.18. The molecule has 3 aromatic rings. The number of ether oxygens (including phenoxy) is 1. The van der Waals surface area contributed by atoms with E-state index in [9.17, 15) is 22.8 Å². The van der Waals surface area contributed by atoms with Gasteiger partial charge in [0.1, 0.15) is 11.5 Å². The van der Waals surface area contributed by atoms with E-state index in [1.807, 2.05) is 0 Å². The van der Waals surface area contributed by atoms with E-state index in [1.54, 1.807) is 24.3 Å². The molecule has 0 aliphatic heterocycles. The Labute approximate surface area is 214 Å². The van der Waals surface area contributed by atoms with Crippen molar-refractivity contribution in [2.24, 2.45) is 9.98 Å². The molecule has 192 valence electrons. The molecule has 8 nitrogen and oxygen atoms in total. The molecule has 1 aromatic heterocycles. The molecule has 0 bridgehead atoms. The zero-order valence-electron chi connectivity index (χ0n) is 19.3. The number of allylic oxidation sites excluding steroid dienone is 1. The van der Waals surface area contributed by atoms with E-state index < -0.39 is 22.3 Å². The predicted molar refractivity (Wildman–Crippen MR) is 136 cm³/mol. The minimum atomic E-state index is -4.58. The lowest BCUT2D eigenvalue weighted by atomic mass is 10.1. The smallest absolute Gasteiger partial charge is 0.417 e. The van der Waals surface area contributed by atoms with Gasteiger partial charge in [-0.05, 0) is 54.6 Å². The van der Waals surface area contributed by atoms with E-state index in [2.05, 4.69) is 32.0 Å². The quantitative estimate of drug-likeness (QED) is 0.260. The standard InChI is InChI=1S/C25H21ClF3N5O3/c1-30-12-17(13-31-15-35)10-18-14-33-24(34-23(18)36)32-9-8-16-2-4-19(5-3-16)37-20-6-7-22(26)21(11-20)25(27,28)29/h2-7,11-15H,1,8-10H2,(H2,32,33,34,36)/b17-12-,31-13-. The third-order valence-corrected chi connectivity index (χ3v) is 5.26. The normalized spacial score (nSPS) is 11.9. The van der Waals surface area contributed by atoms with Gasteiger partial charge in [0.2, 0.25) is 12.4 Å².